The second-order valence-electron chi connectivity index (χ2n) is 20.3. The number of hydrogen-bond acceptors (Lipinski definition) is 5. The lowest BCUT2D eigenvalue weighted by molar-refractivity contribution is -0.143. The van der Waals surface area contributed by atoms with E-state index in [4.69, 9.17) is 4.74 Å². The Morgan fingerprint density at radius 3 is 1.08 bits per heavy atom. The summed E-state index contributed by atoms with van der Waals surface area (Å²) >= 11 is 0. The predicted molar refractivity (Wildman–Crippen MR) is 287 cm³/mol. The van der Waals surface area contributed by atoms with Crippen molar-refractivity contribution in [3.63, 3.8) is 0 Å². The predicted octanol–water partition coefficient (Wildman–Crippen LogP) is 18.2. The third kappa shape index (κ3) is 51.7. The van der Waals surface area contributed by atoms with Gasteiger partial charge in [0.25, 0.3) is 0 Å². The van der Waals surface area contributed by atoms with Crippen molar-refractivity contribution in [3.8, 4) is 0 Å². The highest BCUT2D eigenvalue weighted by molar-refractivity contribution is 5.76. The van der Waals surface area contributed by atoms with Crippen LogP contribution in [0.1, 0.15) is 322 Å². The zero-order valence-electron chi connectivity index (χ0n) is 44.4. The van der Waals surface area contributed by atoms with E-state index in [-0.39, 0.29) is 18.5 Å². The van der Waals surface area contributed by atoms with Gasteiger partial charge in [0.2, 0.25) is 5.91 Å². The maximum atomic E-state index is 12.4. The fourth-order valence-electron chi connectivity index (χ4n) is 9.16. The van der Waals surface area contributed by atoms with Gasteiger partial charge in [-0.15, -0.1) is 0 Å². The van der Waals surface area contributed by atoms with Gasteiger partial charge in [-0.2, -0.15) is 0 Å². The van der Waals surface area contributed by atoms with Crippen LogP contribution in [0.4, 0.5) is 0 Å². The number of ether oxygens (including phenoxy) is 1. The SMILES string of the molecule is CCCCCCCCC/C=C\CCCCCCCCCC(=O)OCCCCCCCCCCCC/C=C\CCCCCCCCCC(=O)NC(CO)C(O)CCCCCCCCCCCC. The summed E-state index contributed by atoms with van der Waals surface area (Å²) in [4.78, 5) is 24.5. The molecule has 0 aromatic rings. The first kappa shape index (κ1) is 64.3. The Morgan fingerprint density at radius 2 is 0.712 bits per heavy atom. The van der Waals surface area contributed by atoms with Crippen LogP contribution < -0.4 is 5.32 Å². The van der Waals surface area contributed by atoms with Gasteiger partial charge >= 0.3 is 5.97 Å². The second-order valence-corrected chi connectivity index (χ2v) is 20.3. The van der Waals surface area contributed by atoms with Crippen LogP contribution in [0.5, 0.6) is 0 Å². The van der Waals surface area contributed by atoms with Crippen molar-refractivity contribution in [2.45, 2.75) is 334 Å². The molecule has 0 aliphatic heterocycles. The van der Waals surface area contributed by atoms with Crippen LogP contribution in [-0.4, -0.2) is 47.4 Å². The average Bonchev–Trinajstić information content (AvgIpc) is 3.32. The zero-order chi connectivity index (χ0) is 47.9. The lowest BCUT2D eigenvalue weighted by atomic mass is 10.0. The maximum absolute atomic E-state index is 12.4. The number of esters is 1. The van der Waals surface area contributed by atoms with E-state index in [0.29, 0.717) is 25.9 Å². The summed E-state index contributed by atoms with van der Waals surface area (Å²) in [6.45, 7) is 4.94. The van der Waals surface area contributed by atoms with Crippen LogP contribution in [0.3, 0.4) is 0 Å². The fourth-order valence-corrected chi connectivity index (χ4v) is 9.16. The molecule has 2 atom stereocenters. The van der Waals surface area contributed by atoms with Gasteiger partial charge in [0, 0.05) is 12.8 Å². The van der Waals surface area contributed by atoms with E-state index in [1.807, 2.05) is 0 Å². The van der Waals surface area contributed by atoms with Crippen molar-refractivity contribution in [2.24, 2.45) is 0 Å². The third-order valence-electron chi connectivity index (χ3n) is 13.7. The average molecular weight is 931 g/mol. The summed E-state index contributed by atoms with van der Waals surface area (Å²) < 4.78 is 5.49. The minimum absolute atomic E-state index is 0.00538. The van der Waals surface area contributed by atoms with E-state index in [2.05, 4.69) is 43.5 Å². The molecular formula is C60H115NO5. The van der Waals surface area contributed by atoms with Gasteiger partial charge in [-0.05, 0) is 77.0 Å². The van der Waals surface area contributed by atoms with Crippen LogP contribution in [-0.2, 0) is 14.3 Å². The Bertz CT molecular complexity index is 1030. The topological polar surface area (TPSA) is 95.9 Å². The molecule has 0 aliphatic rings. The molecule has 3 N–H and O–H groups in total. The van der Waals surface area contributed by atoms with E-state index in [0.717, 1.165) is 44.9 Å². The highest BCUT2D eigenvalue weighted by atomic mass is 16.5. The molecule has 0 saturated carbocycles. The summed E-state index contributed by atoms with van der Waals surface area (Å²) in [5.74, 6) is -0.0386. The van der Waals surface area contributed by atoms with Crippen LogP contribution in [0, 0.1) is 0 Å². The lowest BCUT2D eigenvalue weighted by Crippen LogP contribution is -2.45. The number of carbonyl (C=O) groups excluding carboxylic acids is 2. The molecule has 6 heteroatoms. The molecular weight excluding hydrogens is 815 g/mol. The van der Waals surface area contributed by atoms with Crippen LogP contribution in [0.15, 0.2) is 24.3 Å². The molecule has 6 nitrogen and oxygen atoms in total. The number of allylic oxidation sites excluding steroid dienone is 4. The second kappa shape index (κ2) is 55.9. The Kier molecular flexibility index (Phi) is 54.5. The smallest absolute Gasteiger partial charge is 0.305 e. The number of hydrogen-bond donors (Lipinski definition) is 3. The summed E-state index contributed by atoms with van der Waals surface area (Å²) in [6.07, 6.45) is 67.5. The van der Waals surface area contributed by atoms with E-state index in [9.17, 15) is 19.8 Å². The Labute approximate surface area is 411 Å². The summed E-state index contributed by atoms with van der Waals surface area (Å²) in [5.41, 5.74) is 0. The number of aliphatic hydroxyl groups excluding tert-OH is 2. The molecule has 0 saturated heterocycles. The Hall–Kier alpha value is -1.66. The van der Waals surface area contributed by atoms with Crippen molar-refractivity contribution in [3.05, 3.63) is 24.3 Å². The first-order valence-corrected chi connectivity index (χ1v) is 29.6. The number of amides is 1. The van der Waals surface area contributed by atoms with Gasteiger partial charge in [0.05, 0.1) is 25.4 Å². The first-order chi connectivity index (χ1) is 32.5. The number of carbonyl (C=O) groups is 2. The fraction of sp³-hybridized carbons (Fsp3) is 0.900. The normalized spacial score (nSPS) is 12.7. The van der Waals surface area contributed by atoms with Crippen LogP contribution in [0.2, 0.25) is 0 Å². The molecule has 66 heavy (non-hydrogen) atoms. The largest absolute Gasteiger partial charge is 0.466 e. The lowest BCUT2D eigenvalue weighted by Gasteiger charge is -2.22. The van der Waals surface area contributed by atoms with Crippen LogP contribution in [0.25, 0.3) is 0 Å². The molecule has 0 rings (SSSR count). The molecule has 0 fully saturated rings. The quantitative estimate of drug-likeness (QED) is 0.0321. The molecule has 0 heterocycles. The van der Waals surface area contributed by atoms with Gasteiger partial charge < -0.3 is 20.3 Å². The van der Waals surface area contributed by atoms with Gasteiger partial charge in [-0.25, -0.2) is 0 Å². The van der Waals surface area contributed by atoms with Gasteiger partial charge in [-0.1, -0.05) is 256 Å². The van der Waals surface area contributed by atoms with Crippen molar-refractivity contribution in [1.29, 1.82) is 0 Å². The molecule has 390 valence electrons. The van der Waals surface area contributed by atoms with Crippen LogP contribution >= 0.6 is 0 Å². The number of unbranched alkanes of at least 4 members (excludes halogenated alkanes) is 40. The molecule has 2 unspecified atom stereocenters. The minimum Gasteiger partial charge on any atom is -0.466 e. The number of rotatable bonds is 55. The summed E-state index contributed by atoms with van der Waals surface area (Å²) in [7, 11) is 0. The van der Waals surface area contributed by atoms with Gasteiger partial charge in [0.15, 0.2) is 0 Å². The minimum atomic E-state index is -0.667. The number of nitrogens with one attached hydrogen (secondary N) is 1. The molecule has 0 radical (unpaired) electrons. The van der Waals surface area contributed by atoms with E-state index >= 15 is 0 Å². The van der Waals surface area contributed by atoms with E-state index < -0.39 is 12.1 Å². The maximum Gasteiger partial charge on any atom is 0.305 e. The highest BCUT2D eigenvalue weighted by Crippen LogP contribution is 2.17. The van der Waals surface area contributed by atoms with Crippen molar-refractivity contribution in [1.82, 2.24) is 5.32 Å². The monoisotopic (exact) mass is 930 g/mol. The van der Waals surface area contributed by atoms with Gasteiger partial charge in [-0.3, -0.25) is 9.59 Å². The Balaban J connectivity index is 3.39. The third-order valence-corrected chi connectivity index (χ3v) is 13.7. The van der Waals surface area contributed by atoms with Crippen molar-refractivity contribution >= 4 is 11.9 Å². The standard InChI is InChI=1S/C60H115NO5/c1-3-5-7-9-11-13-15-16-17-18-25-28-31-34-38-42-46-50-54-60(65)66-55-51-47-43-39-35-32-29-26-23-21-19-20-22-24-27-30-33-37-41-45-49-53-59(64)61-57(56-62)58(63)52-48-44-40-36-14-12-10-8-6-4-2/h17-18,20,22,57-58,62-63H,3-16,19,21,23-56H2,1-2H3,(H,61,64)/b18-17-,22-20-. The molecule has 0 aromatic heterocycles. The Morgan fingerprint density at radius 1 is 0.409 bits per heavy atom. The van der Waals surface area contributed by atoms with E-state index in [1.165, 1.54) is 244 Å². The van der Waals surface area contributed by atoms with Gasteiger partial charge in [0.1, 0.15) is 0 Å². The molecule has 0 bridgehead atoms. The number of aliphatic hydroxyl groups is 2. The molecule has 0 aromatic carbocycles. The highest BCUT2D eigenvalue weighted by Gasteiger charge is 2.20. The zero-order valence-corrected chi connectivity index (χ0v) is 44.4. The molecule has 1 amide bonds. The van der Waals surface area contributed by atoms with Crippen molar-refractivity contribution < 1.29 is 24.5 Å². The molecule has 0 aliphatic carbocycles. The summed E-state index contributed by atoms with van der Waals surface area (Å²) in [6, 6.07) is -0.545. The first-order valence-electron chi connectivity index (χ1n) is 29.6. The molecule has 0 spiro atoms. The van der Waals surface area contributed by atoms with Crippen molar-refractivity contribution in [2.75, 3.05) is 13.2 Å². The summed E-state index contributed by atoms with van der Waals surface area (Å²) in [5, 5.41) is 23.1. The van der Waals surface area contributed by atoms with E-state index in [1.54, 1.807) is 0 Å².